The van der Waals surface area contributed by atoms with Crippen LogP contribution in [0.15, 0.2) is 23.0 Å². The summed E-state index contributed by atoms with van der Waals surface area (Å²) < 4.78 is 0. The molecule has 0 bridgehead atoms. The van der Waals surface area contributed by atoms with Gasteiger partial charge in [-0.1, -0.05) is 40.8 Å². The highest BCUT2D eigenvalue weighted by atomic mass is 31.1. The minimum Gasteiger partial charge on any atom is -0.0769 e. The molecule has 0 aromatic carbocycles. The minimum atomic E-state index is 0.166. The second-order valence-corrected chi connectivity index (χ2v) is 7.75. The normalized spacial score (nSPS) is 28.4. The van der Waals surface area contributed by atoms with Gasteiger partial charge in [0.05, 0.1) is 0 Å². The summed E-state index contributed by atoms with van der Waals surface area (Å²) in [5.74, 6) is 0. The van der Waals surface area contributed by atoms with Crippen LogP contribution in [0.2, 0.25) is 0 Å². The van der Waals surface area contributed by atoms with Crippen molar-refractivity contribution in [3.63, 3.8) is 0 Å². The van der Waals surface area contributed by atoms with Crippen molar-refractivity contribution in [3.8, 4) is 0 Å². The van der Waals surface area contributed by atoms with Gasteiger partial charge in [0, 0.05) is 0 Å². The van der Waals surface area contributed by atoms with Gasteiger partial charge in [-0.3, -0.25) is 0 Å². The SMILES string of the molecule is CC(C)(C)P1CCC2=CCC=C21. The highest BCUT2D eigenvalue weighted by molar-refractivity contribution is 7.64. The fourth-order valence-corrected chi connectivity index (χ4v) is 5.09. The monoisotopic (exact) mass is 180 g/mol. The molecule has 1 heteroatoms. The third-order valence-electron chi connectivity index (χ3n) is 2.71. The molecule has 1 saturated heterocycles. The molecular weight excluding hydrogens is 163 g/mol. The van der Waals surface area contributed by atoms with Crippen molar-refractivity contribution in [3.05, 3.63) is 23.0 Å². The predicted octanol–water partition coefficient (Wildman–Crippen LogP) is 3.88. The summed E-state index contributed by atoms with van der Waals surface area (Å²) in [7, 11) is 0.166. The van der Waals surface area contributed by atoms with Gasteiger partial charge in [-0.05, 0) is 35.0 Å². The zero-order chi connectivity index (χ0) is 8.77. The molecule has 1 unspecified atom stereocenters. The molecule has 66 valence electrons. The summed E-state index contributed by atoms with van der Waals surface area (Å²) in [4.78, 5) is 0. The smallest absolute Gasteiger partial charge is 0.0139 e. The Labute approximate surface area is 76.5 Å². The van der Waals surface area contributed by atoms with Crippen LogP contribution in [-0.4, -0.2) is 11.3 Å². The fraction of sp³-hybridized carbons (Fsp3) is 0.636. The van der Waals surface area contributed by atoms with Crippen LogP contribution in [0, 0.1) is 0 Å². The molecule has 1 atom stereocenters. The number of fused-ring (bicyclic) bond motifs is 1. The summed E-state index contributed by atoms with van der Waals surface area (Å²) in [5.41, 5.74) is 1.68. The molecule has 1 fully saturated rings. The molecule has 2 rings (SSSR count). The van der Waals surface area contributed by atoms with Crippen LogP contribution in [0.25, 0.3) is 0 Å². The molecule has 0 nitrogen and oxygen atoms in total. The van der Waals surface area contributed by atoms with E-state index in [-0.39, 0.29) is 7.92 Å². The van der Waals surface area contributed by atoms with Gasteiger partial charge in [-0.25, -0.2) is 0 Å². The first-order valence-electron chi connectivity index (χ1n) is 4.76. The van der Waals surface area contributed by atoms with E-state index in [0.29, 0.717) is 5.16 Å². The molecule has 0 aromatic rings. The Bertz CT molecular complexity index is 253. The van der Waals surface area contributed by atoms with Crippen molar-refractivity contribution < 1.29 is 0 Å². The van der Waals surface area contributed by atoms with E-state index in [0.717, 1.165) is 0 Å². The maximum atomic E-state index is 2.46. The van der Waals surface area contributed by atoms with Gasteiger partial charge in [-0.15, -0.1) is 0 Å². The van der Waals surface area contributed by atoms with Gasteiger partial charge >= 0.3 is 0 Å². The van der Waals surface area contributed by atoms with Gasteiger partial charge < -0.3 is 0 Å². The highest BCUT2D eigenvalue weighted by Crippen LogP contribution is 2.65. The average Bonchev–Trinajstić information content (AvgIpc) is 2.37. The lowest BCUT2D eigenvalue weighted by Gasteiger charge is -2.28. The Hall–Kier alpha value is -0.0900. The Balaban J connectivity index is 2.26. The molecule has 0 saturated carbocycles. The summed E-state index contributed by atoms with van der Waals surface area (Å²) in [6.45, 7) is 7.17. The third kappa shape index (κ3) is 1.27. The van der Waals surface area contributed by atoms with Crippen molar-refractivity contribution in [1.82, 2.24) is 0 Å². The molecule has 2 aliphatic rings. The van der Waals surface area contributed by atoms with Crippen LogP contribution < -0.4 is 0 Å². The van der Waals surface area contributed by atoms with E-state index < -0.39 is 0 Å². The van der Waals surface area contributed by atoms with Crippen molar-refractivity contribution in [2.45, 2.75) is 38.8 Å². The van der Waals surface area contributed by atoms with Crippen molar-refractivity contribution in [1.29, 1.82) is 0 Å². The highest BCUT2D eigenvalue weighted by Gasteiger charge is 2.34. The van der Waals surface area contributed by atoms with Gasteiger partial charge in [0.25, 0.3) is 0 Å². The standard InChI is InChI=1S/C11H17P/c1-11(2,3)12-8-7-9-5-4-6-10(9)12/h5-6H,4,7-8H2,1-3H3. The maximum Gasteiger partial charge on any atom is -0.0139 e. The Morgan fingerprint density at radius 3 is 2.67 bits per heavy atom. The van der Waals surface area contributed by atoms with Crippen LogP contribution in [-0.2, 0) is 0 Å². The number of rotatable bonds is 0. The lowest BCUT2D eigenvalue weighted by Crippen LogP contribution is -2.11. The van der Waals surface area contributed by atoms with Crippen LogP contribution in [0.5, 0.6) is 0 Å². The predicted molar refractivity (Wildman–Crippen MR) is 56.9 cm³/mol. The number of hydrogen-bond donors (Lipinski definition) is 0. The van der Waals surface area contributed by atoms with E-state index >= 15 is 0 Å². The van der Waals surface area contributed by atoms with E-state index in [2.05, 4.69) is 32.9 Å². The Morgan fingerprint density at radius 1 is 1.25 bits per heavy atom. The van der Waals surface area contributed by atoms with Crippen molar-refractivity contribution in [2.24, 2.45) is 0 Å². The molecule has 12 heavy (non-hydrogen) atoms. The lowest BCUT2D eigenvalue weighted by atomic mass is 10.2. The van der Waals surface area contributed by atoms with Crippen LogP contribution >= 0.6 is 7.92 Å². The molecule has 1 aliphatic carbocycles. The van der Waals surface area contributed by atoms with Crippen molar-refractivity contribution >= 4 is 7.92 Å². The third-order valence-corrected chi connectivity index (χ3v) is 6.05. The van der Waals surface area contributed by atoms with E-state index in [1.54, 1.807) is 10.9 Å². The van der Waals surface area contributed by atoms with E-state index in [4.69, 9.17) is 0 Å². The second kappa shape index (κ2) is 2.70. The average molecular weight is 180 g/mol. The van der Waals surface area contributed by atoms with Crippen molar-refractivity contribution in [2.75, 3.05) is 6.16 Å². The van der Waals surface area contributed by atoms with Gasteiger partial charge in [0.2, 0.25) is 0 Å². The summed E-state index contributed by atoms with van der Waals surface area (Å²) >= 11 is 0. The summed E-state index contributed by atoms with van der Waals surface area (Å²) in [6.07, 6.45) is 8.88. The van der Waals surface area contributed by atoms with Crippen LogP contribution in [0.1, 0.15) is 33.6 Å². The largest absolute Gasteiger partial charge is 0.0769 e. The first-order valence-corrected chi connectivity index (χ1v) is 6.29. The van der Waals surface area contributed by atoms with Gasteiger partial charge in [-0.2, -0.15) is 0 Å². The van der Waals surface area contributed by atoms with E-state index in [1.165, 1.54) is 19.0 Å². The second-order valence-electron chi connectivity index (χ2n) is 4.63. The fourth-order valence-electron chi connectivity index (χ4n) is 2.11. The van der Waals surface area contributed by atoms with Crippen LogP contribution in [0.4, 0.5) is 0 Å². The number of allylic oxidation sites excluding steroid dienone is 4. The molecule has 0 N–H and O–H groups in total. The zero-order valence-electron chi connectivity index (χ0n) is 8.22. The maximum absolute atomic E-state index is 2.46. The first-order chi connectivity index (χ1) is 5.59. The summed E-state index contributed by atoms with van der Waals surface area (Å²) in [6, 6.07) is 0. The molecule has 0 amide bonds. The quantitative estimate of drug-likeness (QED) is 0.496. The molecule has 0 radical (unpaired) electrons. The van der Waals surface area contributed by atoms with Gasteiger partial charge in [0.15, 0.2) is 0 Å². The molecular formula is C11H17P. The van der Waals surface area contributed by atoms with Gasteiger partial charge in [0.1, 0.15) is 0 Å². The lowest BCUT2D eigenvalue weighted by molar-refractivity contribution is 0.786. The Kier molecular flexibility index (Phi) is 1.92. The molecule has 0 aromatic heterocycles. The zero-order valence-corrected chi connectivity index (χ0v) is 9.12. The van der Waals surface area contributed by atoms with Crippen LogP contribution in [0.3, 0.4) is 0 Å². The molecule has 1 aliphatic heterocycles. The first kappa shape index (κ1) is 8.51. The summed E-state index contributed by atoms with van der Waals surface area (Å²) in [5, 5.41) is 2.26. The minimum absolute atomic E-state index is 0.166. The topological polar surface area (TPSA) is 0 Å². The molecule has 0 spiro atoms. The molecule has 1 heterocycles. The van der Waals surface area contributed by atoms with E-state index in [9.17, 15) is 0 Å². The van der Waals surface area contributed by atoms with E-state index in [1.807, 2.05) is 0 Å². The number of hydrogen-bond acceptors (Lipinski definition) is 0. The Morgan fingerprint density at radius 2 is 2.00 bits per heavy atom.